The molecule has 2 aromatic rings. The van der Waals surface area contributed by atoms with E-state index in [1.54, 1.807) is 6.08 Å². The topological polar surface area (TPSA) is 79.9 Å². The van der Waals surface area contributed by atoms with Crippen LogP contribution in [0.2, 0.25) is 0 Å². The molecule has 0 unspecified atom stereocenters. The highest BCUT2D eigenvalue weighted by Crippen LogP contribution is 2.37. The van der Waals surface area contributed by atoms with Gasteiger partial charge in [0, 0.05) is 23.7 Å². The lowest BCUT2D eigenvalue weighted by atomic mass is 9.96. The van der Waals surface area contributed by atoms with Crippen molar-refractivity contribution in [3.8, 4) is 12.1 Å². The number of fused-ring (bicyclic) bond motifs is 1. The predicted molar refractivity (Wildman–Crippen MR) is 116 cm³/mol. The van der Waals surface area contributed by atoms with E-state index >= 15 is 0 Å². The van der Waals surface area contributed by atoms with Gasteiger partial charge in [-0.25, -0.2) is 0 Å². The lowest BCUT2D eigenvalue weighted by molar-refractivity contribution is -0.112. The number of thiophene rings is 1. The molecule has 6 heteroatoms. The van der Waals surface area contributed by atoms with E-state index < -0.39 is 5.91 Å². The molecule has 1 N–H and O–H groups in total. The molecule has 146 valence electrons. The highest BCUT2D eigenvalue weighted by atomic mass is 32.1. The van der Waals surface area contributed by atoms with E-state index in [0.29, 0.717) is 10.6 Å². The molecule has 5 nitrogen and oxygen atoms in total. The van der Waals surface area contributed by atoms with Crippen LogP contribution in [0.5, 0.6) is 0 Å². The molecule has 2 heterocycles. The van der Waals surface area contributed by atoms with Crippen LogP contribution in [0.15, 0.2) is 29.8 Å². The first kappa shape index (κ1) is 19.2. The second kappa shape index (κ2) is 8.51. The lowest BCUT2D eigenvalue weighted by Crippen LogP contribution is -2.17. The molecule has 29 heavy (non-hydrogen) atoms. The van der Waals surface area contributed by atoms with Gasteiger partial charge in [-0.2, -0.15) is 10.5 Å². The Hall–Kier alpha value is -3.09. The van der Waals surface area contributed by atoms with Crippen LogP contribution in [-0.4, -0.2) is 19.0 Å². The molecule has 1 aliphatic carbocycles. The number of amides is 1. The van der Waals surface area contributed by atoms with Crippen LogP contribution in [-0.2, 0) is 17.6 Å². The second-order valence-electron chi connectivity index (χ2n) is 7.44. The van der Waals surface area contributed by atoms with Crippen LogP contribution in [0.3, 0.4) is 0 Å². The third-order valence-corrected chi connectivity index (χ3v) is 6.76. The Morgan fingerprint density at radius 3 is 2.48 bits per heavy atom. The smallest absolute Gasteiger partial charge is 0.266 e. The van der Waals surface area contributed by atoms with Gasteiger partial charge in [-0.1, -0.05) is 12.1 Å². The van der Waals surface area contributed by atoms with Crippen molar-refractivity contribution in [3.05, 3.63) is 51.4 Å². The van der Waals surface area contributed by atoms with Gasteiger partial charge in [0.2, 0.25) is 0 Å². The number of aryl methyl sites for hydroxylation is 1. The quantitative estimate of drug-likeness (QED) is 0.596. The van der Waals surface area contributed by atoms with Crippen LogP contribution in [0.25, 0.3) is 6.08 Å². The number of rotatable bonds is 4. The fraction of sp³-hybridized carbons (Fsp3) is 0.348. The number of carbonyl (C=O) groups excluding carboxylic acids is 1. The number of anilines is 2. The zero-order chi connectivity index (χ0) is 20.2. The van der Waals surface area contributed by atoms with Gasteiger partial charge in [0.05, 0.1) is 5.56 Å². The van der Waals surface area contributed by atoms with E-state index in [1.807, 2.05) is 30.3 Å². The van der Waals surface area contributed by atoms with Crippen molar-refractivity contribution in [1.29, 1.82) is 10.5 Å². The maximum atomic E-state index is 12.7. The van der Waals surface area contributed by atoms with Crippen molar-refractivity contribution in [2.75, 3.05) is 23.3 Å². The Labute approximate surface area is 174 Å². The molecule has 0 bridgehead atoms. The maximum absolute atomic E-state index is 12.7. The van der Waals surface area contributed by atoms with Crippen molar-refractivity contribution in [2.24, 2.45) is 0 Å². The van der Waals surface area contributed by atoms with E-state index in [1.165, 1.54) is 34.7 Å². The number of hydrogen-bond acceptors (Lipinski definition) is 5. The number of nitrogens with zero attached hydrogens (tertiary/aromatic N) is 3. The van der Waals surface area contributed by atoms with Gasteiger partial charge in [-0.3, -0.25) is 4.79 Å². The monoisotopic (exact) mass is 402 g/mol. The van der Waals surface area contributed by atoms with Crippen molar-refractivity contribution in [3.63, 3.8) is 0 Å². The van der Waals surface area contributed by atoms with Crippen LogP contribution in [0.4, 0.5) is 10.7 Å². The Morgan fingerprint density at radius 1 is 1.07 bits per heavy atom. The summed E-state index contributed by atoms with van der Waals surface area (Å²) in [6.45, 7) is 2.15. The predicted octanol–water partition coefficient (Wildman–Crippen LogP) is 4.64. The molecule has 1 aromatic carbocycles. The first-order valence-electron chi connectivity index (χ1n) is 10.0. The maximum Gasteiger partial charge on any atom is 0.266 e. The molecule has 1 fully saturated rings. The summed E-state index contributed by atoms with van der Waals surface area (Å²) in [4.78, 5) is 16.2. The summed E-state index contributed by atoms with van der Waals surface area (Å²) in [6.07, 6.45) is 8.06. The van der Waals surface area contributed by atoms with Crippen LogP contribution >= 0.6 is 11.3 Å². The minimum Gasteiger partial charge on any atom is -0.372 e. The van der Waals surface area contributed by atoms with Crippen LogP contribution < -0.4 is 10.2 Å². The van der Waals surface area contributed by atoms with Gasteiger partial charge in [0.25, 0.3) is 5.91 Å². The summed E-state index contributed by atoms with van der Waals surface area (Å²) < 4.78 is 0. The Bertz CT molecular complexity index is 1030. The highest BCUT2D eigenvalue weighted by Gasteiger charge is 2.22. The van der Waals surface area contributed by atoms with Crippen molar-refractivity contribution in [1.82, 2.24) is 0 Å². The molecule has 2 aliphatic rings. The van der Waals surface area contributed by atoms with Crippen molar-refractivity contribution < 1.29 is 4.79 Å². The number of nitriles is 2. The number of carbonyl (C=O) groups is 1. The average Bonchev–Trinajstić information content (AvgIpc) is 3.40. The molecular formula is C23H22N4OS. The number of benzene rings is 1. The molecule has 1 aromatic heterocycles. The normalized spacial score (nSPS) is 16.1. The second-order valence-corrected chi connectivity index (χ2v) is 8.54. The van der Waals surface area contributed by atoms with Gasteiger partial charge in [-0.05, 0) is 67.9 Å². The summed E-state index contributed by atoms with van der Waals surface area (Å²) in [5.74, 6) is -0.466. The lowest BCUT2D eigenvalue weighted by Gasteiger charge is -2.17. The summed E-state index contributed by atoms with van der Waals surface area (Å²) in [5, 5.41) is 22.4. The zero-order valence-electron chi connectivity index (χ0n) is 16.2. The summed E-state index contributed by atoms with van der Waals surface area (Å²) in [5.41, 5.74) is 3.65. The van der Waals surface area contributed by atoms with Crippen LogP contribution in [0.1, 0.15) is 47.3 Å². The molecule has 1 saturated heterocycles. The molecular weight excluding hydrogens is 380 g/mol. The van der Waals surface area contributed by atoms with Gasteiger partial charge in [0.15, 0.2) is 0 Å². The van der Waals surface area contributed by atoms with Crippen LogP contribution in [0, 0.1) is 22.7 Å². The molecule has 0 saturated carbocycles. The molecule has 1 amide bonds. The average molecular weight is 403 g/mol. The third kappa shape index (κ3) is 4.04. The number of hydrogen-bond donors (Lipinski definition) is 1. The summed E-state index contributed by atoms with van der Waals surface area (Å²) in [6, 6.07) is 12.2. The Balaban J connectivity index is 1.52. The SMILES string of the molecule is N#C/C(=C\c1ccc(N2CCCC2)cc1)C(=O)Nc1sc2c(c1C#N)CCCC2. The standard InChI is InChI=1S/C23H22N4OS/c24-14-17(13-16-7-9-18(10-8-16)27-11-3-4-12-27)22(28)26-23-20(15-25)19-5-1-2-6-21(19)29-23/h7-10,13H,1-6,11-12H2,(H,26,28)/b17-13+. The summed E-state index contributed by atoms with van der Waals surface area (Å²) in [7, 11) is 0. The van der Waals surface area contributed by atoms with Crippen molar-refractivity contribution in [2.45, 2.75) is 38.5 Å². The largest absolute Gasteiger partial charge is 0.372 e. The van der Waals surface area contributed by atoms with Gasteiger partial charge >= 0.3 is 0 Å². The van der Waals surface area contributed by atoms with E-state index in [-0.39, 0.29) is 5.57 Å². The highest BCUT2D eigenvalue weighted by molar-refractivity contribution is 7.16. The molecule has 4 rings (SSSR count). The Kier molecular flexibility index (Phi) is 5.64. The first-order valence-corrected chi connectivity index (χ1v) is 10.8. The van der Waals surface area contributed by atoms with Gasteiger partial charge in [-0.15, -0.1) is 11.3 Å². The third-order valence-electron chi connectivity index (χ3n) is 5.55. The fourth-order valence-corrected chi connectivity index (χ4v) is 5.25. The fourth-order valence-electron chi connectivity index (χ4n) is 4.01. The number of nitrogens with one attached hydrogen (secondary N) is 1. The van der Waals surface area contributed by atoms with E-state index in [0.717, 1.165) is 49.9 Å². The Morgan fingerprint density at radius 2 is 1.79 bits per heavy atom. The van der Waals surface area contributed by atoms with E-state index in [9.17, 15) is 15.3 Å². The first-order chi connectivity index (χ1) is 14.2. The van der Waals surface area contributed by atoms with E-state index in [2.05, 4.69) is 16.3 Å². The van der Waals surface area contributed by atoms with E-state index in [4.69, 9.17) is 0 Å². The molecule has 0 atom stereocenters. The summed E-state index contributed by atoms with van der Waals surface area (Å²) >= 11 is 1.47. The molecule has 1 aliphatic heterocycles. The zero-order valence-corrected chi connectivity index (χ0v) is 17.0. The molecule has 0 radical (unpaired) electrons. The van der Waals surface area contributed by atoms with Crippen molar-refractivity contribution >= 4 is 34.0 Å². The minimum atomic E-state index is -0.466. The van der Waals surface area contributed by atoms with Gasteiger partial charge < -0.3 is 10.2 Å². The van der Waals surface area contributed by atoms with Gasteiger partial charge in [0.1, 0.15) is 22.7 Å². The minimum absolute atomic E-state index is 0.0363. The molecule has 0 spiro atoms.